The van der Waals surface area contributed by atoms with Crippen molar-refractivity contribution in [1.82, 2.24) is 20.3 Å². The summed E-state index contributed by atoms with van der Waals surface area (Å²) in [7, 11) is 0. The van der Waals surface area contributed by atoms with E-state index in [0.717, 1.165) is 19.0 Å². The summed E-state index contributed by atoms with van der Waals surface area (Å²) in [6, 6.07) is 2.75. The Morgan fingerprint density at radius 1 is 1.35 bits per heavy atom. The molecule has 164 valence electrons. The third-order valence-corrected chi connectivity index (χ3v) is 6.40. The number of fused-ring (bicyclic) bond motifs is 1. The molecule has 3 heterocycles. The maximum absolute atomic E-state index is 14.5. The van der Waals surface area contributed by atoms with Gasteiger partial charge in [0.05, 0.1) is 42.0 Å². The van der Waals surface area contributed by atoms with Gasteiger partial charge >= 0.3 is 0 Å². The number of rotatable bonds is 7. The summed E-state index contributed by atoms with van der Waals surface area (Å²) in [5.41, 5.74) is 12.6. The van der Waals surface area contributed by atoms with Crippen molar-refractivity contribution in [3.8, 4) is 0 Å². The number of aliphatic hydroxyl groups is 1. The van der Waals surface area contributed by atoms with Crippen molar-refractivity contribution in [3.05, 3.63) is 36.0 Å². The van der Waals surface area contributed by atoms with E-state index in [2.05, 4.69) is 25.6 Å². The fourth-order valence-electron chi connectivity index (χ4n) is 4.28. The highest BCUT2D eigenvalue weighted by atomic mass is 19.1. The third kappa shape index (κ3) is 3.58. The standard InChI is InChI=1S/C20H25FN8O2/c21-13-6-25-19(26-11-3-4-15(24-5-11)14(22)8-30)27-17(13)29-7-12-16(23)20(12,9-29)28-18(31)10-1-2-10/h3-6,10,12,14,16,30H,1-2,7-9,22-23H2,(H,28,31)(H,25,26,27)/t12-,14+,16+,20+/m0/s1. The maximum atomic E-state index is 14.5. The van der Waals surface area contributed by atoms with Gasteiger partial charge in [0, 0.05) is 31.0 Å². The van der Waals surface area contributed by atoms with Gasteiger partial charge in [-0.3, -0.25) is 9.78 Å². The second-order valence-electron chi connectivity index (χ2n) is 8.57. The van der Waals surface area contributed by atoms with E-state index in [0.29, 0.717) is 24.5 Å². The van der Waals surface area contributed by atoms with E-state index in [9.17, 15) is 9.18 Å². The number of carbonyl (C=O) groups excluding carboxylic acids is 1. The Morgan fingerprint density at radius 2 is 2.16 bits per heavy atom. The lowest BCUT2D eigenvalue weighted by Crippen LogP contribution is -2.48. The van der Waals surface area contributed by atoms with Gasteiger partial charge in [-0.25, -0.2) is 9.37 Å². The van der Waals surface area contributed by atoms with Crippen molar-refractivity contribution in [3.63, 3.8) is 0 Å². The van der Waals surface area contributed by atoms with Crippen molar-refractivity contribution in [1.29, 1.82) is 0 Å². The van der Waals surface area contributed by atoms with E-state index in [-0.39, 0.29) is 42.2 Å². The number of hydrogen-bond acceptors (Lipinski definition) is 9. The number of aliphatic hydroxyl groups excluding tert-OH is 1. The molecule has 0 radical (unpaired) electrons. The first-order valence-corrected chi connectivity index (χ1v) is 10.4. The molecule has 5 rings (SSSR count). The number of piperidine rings is 1. The SMILES string of the molecule is N[C@H](CO)c1ccc(Nc2ncc(F)c(N3C[C@H]4[C@@H](N)[C@@]4(NC(=O)C4CC4)C3)n2)cn1. The van der Waals surface area contributed by atoms with Gasteiger partial charge in [0.2, 0.25) is 11.9 Å². The number of anilines is 3. The predicted molar refractivity (Wildman–Crippen MR) is 111 cm³/mol. The summed E-state index contributed by atoms with van der Waals surface area (Å²) in [5, 5.41) is 15.2. The molecular formula is C20H25FN8O2. The van der Waals surface area contributed by atoms with Crippen LogP contribution in [0.25, 0.3) is 0 Å². The Hall–Kier alpha value is -2.89. The molecule has 0 aromatic carbocycles. The molecule has 0 spiro atoms. The van der Waals surface area contributed by atoms with Gasteiger partial charge in [-0.15, -0.1) is 0 Å². The van der Waals surface area contributed by atoms with Crippen LogP contribution in [0.2, 0.25) is 0 Å². The second-order valence-corrected chi connectivity index (χ2v) is 8.57. The Morgan fingerprint density at radius 3 is 2.84 bits per heavy atom. The highest BCUT2D eigenvalue weighted by Crippen LogP contribution is 2.50. The van der Waals surface area contributed by atoms with Gasteiger partial charge in [0.25, 0.3) is 0 Å². The van der Waals surface area contributed by atoms with Crippen LogP contribution in [-0.4, -0.2) is 57.2 Å². The van der Waals surface area contributed by atoms with Crippen molar-refractivity contribution < 1.29 is 14.3 Å². The van der Waals surface area contributed by atoms with E-state index in [1.165, 1.54) is 0 Å². The number of nitrogens with one attached hydrogen (secondary N) is 2. The summed E-state index contributed by atoms with van der Waals surface area (Å²) >= 11 is 0. The summed E-state index contributed by atoms with van der Waals surface area (Å²) in [6.45, 7) is 0.738. The fourth-order valence-corrected chi connectivity index (χ4v) is 4.28. The van der Waals surface area contributed by atoms with Crippen LogP contribution in [0.5, 0.6) is 0 Å². The molecule has 0 unspecified atom stereocenters. The van der Waals surface area contributed by atoms with Crippen LogP contribution in [0.15, 0.2) is 24.5 Å². The largest absolute Gasteiger partial charge is 0.394 e. The van der Waals surface area contributed by atoms with Crippen LogP contribution in [0, 0.1) is 17.7 Å². The Kier molecular flexibility index (Phi) is 4.76. The van der Waals surface area contributed by atoms with Crippen molar-refractivity contribution in [2.75, 3.05) is 29.9 Å². The number of carbonyl (C=O) groups is 1. The molecule has 2 aromatic heterocycles. The molecule has 2 aromatic rings. The van der Waals surface area contributed by atoms with Crippen LogP contribution in [0.1, 0.15) is 24.6 Å². The molecule has 3 fully saturated rings. The van der Waals surface area contributed by atoms with E-state index in [1.54, 1.807) is 18.3 Å². The quantitative estimate of drug-likeness (QED) is 0.403. The van der Waals surface area contributed by atoms with Crippen LogP contribution >= 0.6 is 0 Å². The first-order chi connectivity index (χ1) is 14.9. The fraction of sp³-hybridized carbons (Fsp3) is 0.500. The molecule has 7 N–H and O–H groups in total. The van der Waals surface area contributed by atoms with Crippen molar-refractivity contribution in [2.45, 2.75) is 30.5 Å². The van der Waals surface area contributed by atoms with Gasteiger partial charge in [-0.05, 0) is 25.0 Å². The van der Waals surface area contributed by atoms with Crippen molar-refractivity contribution >= 4 is 23.4 Å². The molecule has 1 saturated heterocycles. The summed E-state index contributed by atoms with van der Waals surface area (Å²) < 4.78 is 14.5. The average molecular weight is 428 g/mol. The number of nitrogens with zero attached hydrogens (tertiary/aromatic N) is 4. The lowest BCUT2D eigenvalue weighted by molar-refractivity contribution is -0.123. The van der Waals surface area contributed by atoms with E-state index >= 15 is 0 Å². The number of pyridine rings is 1. The number of nitrogens with two attached hydrogens (primary N) is 2. The second kappa shape index (κ2) is 7.36. The maximum Gasteiger partial charge on any atom is 0.229 e. The van der Waals surface area contributed by atoms with Crippen LogP contribution in [0.3, 0.4) is 0 Å². The number of amides is 1. The lowest BCUT2D eigenvalue weighted by Gasteiger charge is -2.25. The average Bonchev–Trinajstić information content (AvgIpc) is 3.67. The van der Waals surface area contributed by atoms with Gasteiger partial charge in [0.15, 0.2) is 11.6 Å². The molecule has 11 heteroatoms. The highest BCUT2D eigenvalue weighted by Gasteiger charge is 2.69. The molecular weight excluding hydrogens is 403 g/mol. The van der Waals surface area contributed by atoms with E-state index in [4.69, 9.17) is 16.6 Å². The topological polar surface area (TPSA) is 155 Å². The normalized spacial score (nSPS) is 27.5. The lowest BCUT2D eigenvalue weighted by atomic mass is 10.2. The summed E-state index contributed by atoms with van der Waals surface area (Å²) in [5.74, 6) is 0.0691. The monoisotopic (exact) mass is 428 g/mol. The van der Waals surface area contributed by atoms with Gasteiger partial charge < -0.3 is 32.1 Å². The molecule has 31 heavy (non-hydrogen) atoms. The molecule has 0 bridgehead atoms. The molecule has 10 nitrogen and oxygen atoms in total. The smallest absolute Gasteiger partial charge is 0.229 e. The van der Waals surface area contributed by atoms with Crippen LogP contribution in [-0.2, 0) is 4.79 Å². The molecule has 2 aliphatic carbocycles. The first-order valence-electron chi connectivity index (χ1n) is 10.4. The summed E-state index contributed by atoms with van der Waals surface area (Å²) in [4.78, 5) is 26.6. The predicted octanol–water partition coefficient (Wildman–Crippen LogP) is -0.211. The number of hydrogen-bond donors (Lipinski definition) is 5. The Balaban J connectivity index is 1.30. The minimum absolute atomic E-state index is 0.0437. The molecule has 4 atom stereocenters. The first kappa shape index (κ1) is 20.0. The Labute approximate surface area is 178 Å². The molecule has 1 amide bonds. The zero-order chi connectivity index (χ0) is 21.8. The minimum atomic E-state index is -0.552. The van der Waals surface area contributed by atoms with E-state index < -0.39 is 17.4 Å². The van der Waals surface area contributed by atoms with Crippen LogP contribution in [0.4, 0.5) is 21.8 Å². The molecule has 1 aliphatic heterocycles. The molecule has 3 aliphatic rings. The van der Waals surface area contributed by atoms with E-state index in [1.807, 2.05) is 4.90 Å². The highest BCUT2D eigenvalue weighted by molar-refractivity contribution is 5.83. The van der Waals surface area contributed by atoms with Gasteiger partial charge in [-0.1, -0.05) is 0 Å². The zero-order valence-electron chi connectivity index (χ0n) is 16.8. The molecule has 2 saturated carbocycles. The summed E-state index contributed by atoms with van der Waals surface area (Å²) in [6.07, 6.45) is 4.50. The number of aromatic nitrogens is 3. The minimum Gasteiger partial charge on any atom is -0.394 e. The van der Waals surface area contributed by atoms with Crippen LogP contribution < -0.4 is 27.0 Å². The van der Waals surface area contributed by atoms with Crippen molar-refractivity contribution in [2.24, 2.45) is 23.3 Å². The number of halogens is 1. The van der Waals surface area contributed by atoms with Gasteiger partial charge in [0.1, 0.15) is 0 Å². The van der Waals surface area contributed by atoms with Gasteiger partial charge in [-0.2, -0.15) is 4.98 Å². The Bertz CT molecular complexity index is 1000. The zero-order valence-corrected chi connectivity index (χ0v) is 16.8. The third-order valence-electron chi connectivity index (χ3n) is 6.40.